The molecular weight excluding hydrogens is 312 g/mol. The van der Waals surface area contributed by atoms with Crippen LogP contribution in [0.4, 0.5) is 0 Å². The Balaban J connectivity index is 2.28. The monoisotopic (exact) mass is 332 g/mol. The predicted octanol–water partition coefficient (Wildman–Crippen LogP) is 2.34. The van der Waals surface area contributed by atoms with Crippen molar-refractivity contribution in [3.63, 3.8) is 0 Å². The minimum atomic E-state index is -3.46. The zero-order valence-electron chi connectivity index (χ0n) is 12.4. The lowest BCUT2D eigenvalue weighted by Crippen LogP contribution is -2.42. The van der Waals surface area contributed by atoms with Crippen molar-refractivity contribution in [3.05, 3.63) is 34.9 Å². The van der Waals surface area contributed by atoms with Crippen LogP contribution < -0.4 is 4.72 Å². The molecule has 21 heavy (non-hydrogen) atoms. The number of hydrogen-bond acceptors (Lipinski definition) is 4. The smallest absolute Gasteiger partial charge is 0.219 e. The first-order chi connectivity index (χ1) is 9.85. The standard InChI is InChI=1S/C14H21ClN2O3S/c1-4-10(2)16-21(18,19)13-9-20-17(3)14(13)11-5-7-12(15)8-6-11/h5-8,10,13-14,16H,4,9H2,1-3H3. The van der Waals surface area contributed by atoms with Gasteiger partial charge in [-0.2, -0.15) is 5.06 Å². The maximum Gasteiger partial charge on any atom is 0.219 e. The maximum absolute atomic E-state index is 12.6. The fraction of sp³-hybridized carbons (Fsp3) is 0.571. The summed E-state index contributed by atoms with van der Waals surface area (Å²) in [6.45, 7) is 3.95. The molecule has 0 saturated carbocycles. The van der Waals surface area contributed by atoms with Crippen LogP contribution in [0.2, 0.25) is 5.02 Å². The lowest BCUT2D eigenvalue weighted by Gasteiger charge is -2.24. The van der Waals surface area contributed by atoms with E-state index in [2.05, 4.69) is 4.72 Å². The fourth-order valence-corrected chi connectivity index (χ4v) is 4.33. The van der Waals surface area contributed by atoms with Crippen molar-refractivity contribution >= 4 is 21.6 Å². The largest absolute Gasteiger partial charge is 0.297 e. The Morgan fingerprint density at radius 1 is 1.43 bits per heavy atom. The van der Waals surface area contributed by atoms with Gasteiger partial charge in [0.2, 0.25) is 10.0 Å². The van der Waals surface area contributed by atoms with Gasteiger partial charge in [0.15, 0.2) is 0 Å². The number of hydroxylamine groups is 2. The van der Waals surface area contributed by atoms with Gasteiger partial charge in [-0.3, -0.25) is 4.84 Å². The van der Waals surface area contributed by atoms with Gasteiger partial charge in [0.1, 0.15) is 5.25 Å². The van der Waals surface area contributed by atoms with Crippen LogP contribution in [0.3, 0.4) is 0 Å². The summed E-state index contributed by atoms with van der Waals surface area (Å²) in [5, 5.41) is 1.58. The first kappa shape index (κ1) is 16.7. The molecule has 0 amide bonds. The summed E-state index contributed by atoms with van der Waals surface area (Å²) in [5.41, 5.74) is 0.874. The van der Waals surface area contributed by atoms with E-state index < -0.39 is 15.3 Å². The molecule has 2 rings (SSSR count). The van der Waals surface area contributed by atoms with Crippen LogP contribution in [0.15, 0.2) is 24.3 Å². The molecule has 1 aliphatic heterocycles. The van der Waals surface area contributed by atoms with Gasteiger partial charge in [-0.25, -0.2) is 13.1 Å². The summed E-state index contributed by atoms with van der Waals surface area (Å²) in [4.78, 5) is 5.45. The van der Waals surface area contributed by atoms with Crippen molar-refractivity contribution in [1.82, 2.24) is 9.79 Å². The Labute approximate surface area is 131 Å². The third-order valence-electron chi connectivity index (χ3n) is 3.77. The minimum absolute atomic E-state index is 0.0910. The number of rotatable bonds is 5. The van der Waals surface area contributed by atoms with Crippen molar-refractivity contribution in [1.29, 1.82) is 0 Å². The molecule has 0 bridgehead atoms. The molecule has 5 nitrogen and oxygen atoms in total. The summed E-state index contributed by atoms with van der Waals surface area (Å²) in [5.74, 6) is 0. The Bertz CT molecular complexity index is 576. The van der Waals surface area contributed by atoms with Gasteiger partial charge in [0.25, 0.3) is 0 Å². The Morgan fingerprint density at radius 2 is 2.05 bits per heavy atom. The third-order valence-corrected chi connectivity index (χ3v) is 5.95. The van der Waals surface area contributed by atoms with E-state index in [9.17, 15) is 8.42 Å². The van der Waals surface area contributed by atoms with E-state index in [0.29, 0.717) is 5.02 Å². The van der Waals surface area contributed by atoms with Crippen LogP contribution in [0.5, 0.6) is 0 Å². The summed E-state index contributed by atoms with van der Waals surface area (Å²) in [6, 6.07) is 6.76. The SMILES string of the molecule is CCC(C)NS(=O)(=O)C1CON(C)C1c1ccc(Cl)cc1. The normalized spacial score (nSPS) is 25.1. The highest BCUT2D eigenvalue weighted by Gasteiger charge is 2.43. The number of benzene rings is 1. The first-order valence-electron chi connectivity index (χ1n) is 6.97. The second-order valence-electron chi connectivity index (χ2n) is 5.35. The Hall–Kier alpha value is -0.660. The molecule has 7 heteroatoms. The van der Waals surface area contributed by atoms with Crippen LogP contribution in [0, 0.1) is 0 Å². The maximum atomic E-state index is 12.6. The number of hydrogen-bond donors (Lipinski definition) is 1. The quantitative estimate of drug-likeness (QED) is 0.899. The zero-order valence-corrected chi connectivity index (χ0v) is 14.0. The Kier molecular flexibility index (Phi) is 5.27. The summed E-state index contributed by atoms with van der Waals surface area (Å²) in [6.07, 6.45) is 0.744. The van der Waals surface area contributed by atoms with Gasteiger partial charge in [-0.15, -0.1) is 0 Å². The van der Waals surface area contributed by atoms with Crippen molar-refractivity contribution in [3.8, 4) is 0 Å². The van der Waals surface area contributed by atoms with E-state index in [1.165, 1.54) is 0 Å². The highest BCUT2D eigenvalue weighted by atomic mass is 35.5. The lowest BCUT2D eigenvalue weighted by atomic mass is 10.0. The molecule has 1 N–H and O–H groups in total. The molecule has 1 saturated heterocycles. The van der Waals surface area contributed by atoms with Crippen LogP contribution in [0.25, 0.3) is 0 Å². The van der Waals surface area contributed by atoms with Gasteiger partial charge in [0, 0.05) is 18.1 Å². The fourth-order valence-electron chi connectivity index (χ4n) is 2.39. The second-order valence-corrected chi connectivity index (χ2v) is 7.72. The number of halogens is 1. The van der Waals surface area contributed by atoms with Gasteiger partial charge >= 0.3 is 0 Å². The van der Waals surface area contributed by atoms with E-state index in [1.54, 1.807) is 24.2 Å². The zero-order chi connectivity index (χ0) is 15.6. The molecule has 0 aromatic heterocycles. The molecule has 1 heterocycles. The first-order valence-corrected chi connectivity index (χ1v) is 8.90. The van der Waals surface area contributed by atoms with E-state index in [0.717, 1.165) is 12.0 Å². The summed E-state index contributed by atoms with van der Waals surface area (Å²) >= 11 is 5.89. The molecule has 0 spiro atoms. The van der Waals surface area contributed by atoms with E-state index in [4.69, 9.17) is 16.4 Å². The minimum Gasteiger partial charge on any atom is -0.297 e. The highest BCUT2D eigenvalue weighted by Crippen LogP contribution is 2.33. The Morgan fingerprint density at radius 3 is 2.62 bits per heavy atom. The average molecular weight is 333 g/mol. The molecule has 1 aliphatic rings. The molecule has 0 radical (unpaired) electrons. The van der Waals surface area contributed by atoms with Crippen molar-refractivity contribution < 1.29 is 13.3 Å². The molecule has 3 unspecified atom stereocenters. The molecule has 118 valence electrons. The molecule has 0 aliphatic carbocycles. The molecule has 3 atom stereocenters. The van der Waals surface area contributed by atoms with Crippen LogP contribution in [0.1, 0.15) is 31.9 Å². The molecule has 1 aromatic rings. The lowest BCUT2D eigenvalue weighted by molar-refractivity contribution is -0.110. The van der Waals surface area contributed by atoms with Crippen LogP contribution >= 0.6 is 11.6 Å². The van der Waals surface area contributed by atoms with Gasteiger partial charge in [0.05, 0.1) is 12.6 Å². The van der Waals surface area contributed by atoms with Gasteiger partial charge in [-0.05, 0) is 31.0 Å². The molecule has 1 aromatic carbocycles. The van der Waals surface area contributed by atoms with E-state index in [-0.39, 0.29) is 18.7 Å². The summed E-state index contributed by atoms with van der Waals surface area (Å²) in [7, 11) is -1.71. The average Bonchev–Trinajstić information content (AvgIpc) is 2.82. The van der Waals surface area contributed by atoms with Crippen molar-refractivity contribution in [2.24, 2.45) is 0 Å². The van der Waals surface area contributed by atoms with Crippen molar-refractivity contribution in [2.45, 2.75) is 37.6 Å². The van der Waals surface area contributed by atoms with Gasteiger partial charge in [-0.1, -0.05) is 30.7 Å². The van der Waals surface area contributed by atoms with E-state index in [1.807, 2.05) is 26.0 Å². The van der Waals surface area contributed by atoms with Gasteiger partial charge < -0.3 is 0 Å². The molecular formula is C14H21ClN2O3S. The summed E-state index contributed by atoms with van der Waals surface area (Å²) < 4.78 is 27.8. The molecule has 1 fully saturated rings. The highest BCUT2D eigenvalue weighted by molar-refractivity contribution is 7.90. The number of nitrogens with one attached hydrogen (secondary N) is 1. The van der Waals surface area contributed by atoms with Crippen LogP contribution in [-0.4, -0.2) is 38.4 Å². The predicted molar refractivity (Wildman–Crippen MR) is 83.5 cm³/mol. The van der Waals surface area contributed by atoms with Crippen LogP contribution in [-0.2, 0) is 14.9 Å². The van der Waals surface area contributed by atoms with Crippen molar-refractivity contribution in [2.75, 3.05) is 13.7 Å². The number of sulfonamides is 1. The van der Waals surface area contributed by atoms with E-state index >= 15 is 0 Å². The second kappa shape index (κ2) is 6.62. The number of nitrogens with zero attached hydrogens (tertiary/aromatic N) is 1. The topological polar surface area (TPSA) is 58.6 Å². The third kappa shape index (κ3) is 3.76.